The van der Waals surface area contributed by atoms with Crippen molar-refractivity contribution in [2.45, 2.75) is 6.17 Å². The van der Waals surface area contributed by atoms with Crippen LogP contribution >= 0.6 is 0 Å². The Morgan fingerprint density at radius 3 is 2.62 bits per heavy atom. The second kappa shape index (κ2) is 6.24. The van der Waals surface area contributed by atoms with Gasteiger partial charge in [-0.1, -0.05) is 0 Å². The zero-order chi connectivity index (χ0) is 15.4. The van der Waals surface area contributed by atoms with Crippen LogP contribution in [0.25, 0.3) is 0 Å². The van der Waals surface area contributed by atoms with Gasteiger partial charge in [-0.25, -0.2) is 20.2 Å². The van der Waals surface area contributed by atoms with Crippen LogP contribution in [0.4, 0.5) is 0 Å². The molecule has 10 heteroatoms. The number of methoxy groups -OCH3 is 1. The Morgan fingerprint density at radius 1 is 1.33 bits per heavy atom. The maximum atomic E-state index is 12.1. The van der Waals surface area contributed by atoms with E-state index in [1.165, 1.54) is 19.5 Å². The maximum absolute atomic E-state index is 12.1. The number of nitrogens with one attached hydrogen (secondary N) is 3. The number of carboxylic acids is 1. The normalized spacial score (nSPS) is 20.8. The topological polar surface area (TPSA) is 143 Å². The molecule has 1 fully saturated rings. The SMILES string of the molecule is COC(=O)C1CNNC1NC(=O)c1nccnc1C(=O)O. The van der Waals surface area contributed by atoms with Crippen molar-refractivity contribution in [3.8, 4) is 0 Å². The molecule has 1 aromatic rings. The minimum atomic E-state index is -1.37. The molecule has 1 aliphatic heterocycles. The van der Waals surface area contributed by atoms with Crippen molar-refractivity contribution in [2.75, 3.05) is 13.7 Å². The smallest absolute Gasteiger partial charge is 0.356 e. The molecule has 0 aromatic carbocycles. The molecule has 0 bridgehead atoms. The van der Waals surface area contributed by atoms with Gasteiger partial charge in [-0.05, 0) is 0 Å². The second-order valence-electron chi connectivity index (χ2n) is 4.16. The number of hydrogen-bond acceptors (Lipinski definition) is 8. The van der Waals surface area contributed by atoms with Gasteiger partial charge in [-0.2, -0.15) is 0 Å². The number of nitrogens with zero attached hydrogens (tertiary/aromatic N) is 2. The number of rotatable bonds is 4. The van der Waals surface area contributed by atoms with E-state index < -0.39 is 35.6 Å². The number of ether oxygens (including phenoxy) is 1. The van der Waals surface area contributed by atoms with Crippen LogP contribution in [0, 0.1) is 5.92 Å². The molecular weight excluding hydrogens is 282 g/mol. The quantitative estimate of drug-likeness (QED) is 0.469. The second-order valence-corrected chi connectivity index (χ2v) is 4.16. The van der Waals surface area contributed by atoms with Crippen molar-refractivity contribution in [3.63, 3.8) is 0 Å². The standard InChI is InChI=1S/C11H13N5O5/c1-21-11(20)5-4-14-16-8(5)15-9(17)6-7(10(18)19)13-3-2-12-6/h2-3,5,8,14,16H,4H2,1H3,(H,15,17)(H,18,19). The molecular formula is C11H13N5O5. The molecule has 0 radical (unpaired) electrons. The first-order chi connectivity index (χ1) is 10.0. The highest BCUT2D eigenvalue weighted by Gasteiger charge is 2.35. The van der Waals surface area contributed by atoms with E-state index in [9.17, 15) is 14.4 Å². The maximum Gasteiger partial charge on any atom is 0.356 e. The fourth-order valence-electron chi connectivity index (χ4n) is 1.88. The summed E-state index contributed by atoms with van der Waals surface area (Å²) in [5, 5.41) is 11.4. The number of carbonyl (C=O) groups excluding carboxylic acids is 2. The van der Waals surface area contributed by atoms with Crippen molar-refractivity contribution in [1.82, 2.24) is 26.1 Å². The Balaban J connectivity index is 2.15. The Kier molecular flexibility index (Phi) is 4.40. The van der Waals surface area contributed by atoms with Gasteiger partial charge >= 0.3 is 11.9 Å². The number of hydrogen-bond donors (Lipinski definition) is 4. The lowest BCUT2D eigenvalue weighted by molar-refractivity contribution is -0.145. The van der Waals surface area contributed by atoms with Crippen LogP contribution in [0.3, 0.4) is 0 Å². The molecule has 112 valence electrons. The van der Waals surface area contributed by atoms with Crippen molar-refractivity contribution in [3.05, 3.63) is 23.8 Å². The molecule has 1 aliphatic rings. The molecule has 0 aliphatic carbocycles. The number of amides is 1. The molecule has 2 unspecified atom stereocenters. The third kappa shape index (κ3) is 3.12. The average molecular weight is 295 g/mol. The predicted octanol–water partition coefficient (Wildman–Crippen LogP) is -1.87. The number of esters is 1. The highest BCUT2D eigenvalue weighted by atomic mass is 16.5. The molecule has 1 amide bonds. The lowest BCUT2D eigenvalue weighted by Gasteiger charge is -2.17. The van der Waals surface area contributed by atoms with Gasteiger partial charge < -0.3 is 15.2 Å². The Labute approximate surface area is 118 Å². The summed E-state index contributed by atoms with van der Waals surface area (Å²) in [7, 11) is 1.24. The molecule has 1 saturated heterocycles. The molecule has 2 atom stereocenters. The van der Waals surface area contributed by atoms with E-state index in [2.05, 4.69) is 30.9 Å². The first kappa shape index (κ1) is 14.8. The predicted molar refractivity (Wildman–Crippen MR) is 66.9 cm³/mol. The minimum Gasteiger partial charge on any atom is -0.476 e. The van der Waals surface area contributed by atoms with Crippen molar-refractivity contribution in [2.24, 2.45) is 5.92 Å². The fourth-order valence-corrected chi connectivity index (χ4v) is 1.88. The van der Waals surface area contributed by atoms with Crippen LogP contribution in [-0.2, 0) is 9.53 Å². The van der Waals surface area contributed by atoms with E-state index in [1.54, 1.807) is 0 Å². The lowest BCUT2D eigenvalue weighted by Crippen LogP contribution is -2.49. The number of carboxylic acid groups (broad SMARTS) is 1. The summed E-state index contributed by atoms with van der Waals surface area (Å²) in [4.78, 5) is 41.9. The van der Waals surface area contributed by atoms with Crippen molar-refractivity contribution >= 4 is 17.8 Å². The molecule has 2 heterocycles. The summed E-state index contributed by atoms with van der Waals surface area (Å²) in [6, 6.07) is 0. The number of aromatic nitrogens is 2. The number of carbonyl (C=O) groups is 3. The van der Waals surface area contributed by atoms with Gasteiger partial charge in [0.15, 0.2) is 11.4 Å². The van der Waals surface area contributed by atoms with Gasteiger partial charge in [0.05, 0.1) is 7.11 Å². The largest absolute Gasteiger partial charge is 0.476 e. The van der Waals surface area contributed by atoms with E-state index >= 15 is 0 Å². The van der Waals surface area contributed by atoms with Crippen LogP contribution in [0.2, 0.25) is 0 Å². The molecule has 21 heavy (non-hydrogen) atoms. The van der Waals surface area contributed by atoms with Gasteiger partial charge in [-0.15, -0.1) is 0 Å². The summed E-state index contributed by atoms with van der Waals surface area (Å²) in [5.74, 6) is -3.26. The van der Waals surface area contributed by atoms with Crippen LogP contribution in [0.1, 0.15) is 21.0 Å². The Hall–Kier alpha value is -2.59. The zero-order valence-electron chi connectivity index (χ0n) is 11.0. The van der Waals surface area contributed by atoms with E-state index in [0.29, 0.717) is 0 Å². The van der Waals surface area contributed by atoms with Gasteiger partial charge in [0.25, 0.3) is 5.91 Å². The summed E-state index contributed by atoms with van der Waals surface area (Å²) >= 11 is 0. The first-order valence-electron chi connectivity index (χ1n) is 5.96. The molecule has 2 rings (SSSR count). The van der Waals surface area contributed by atoms with E-state index in [-0.39, 0.29) is 12.2 Å². The average Bonchev–Trinajstić information content (AvgIpc) is 2.94. The van der Waals surface area contributed by atoms with E-state index in [0.717, 1.165) is 0 Å². The van der Waals surface area contributed by atoms with Crippen LogP contribution in [-0.4, -0.2) is 52.7 Å². The molecule has 4 N–H and O–H groups in total. The number of hydrazine groups is 1. The summed E-state index contributed by atoms with van der Waals surface area (Å²) in [6.07, 6.45) is 1.64. The van der Waals surface area contributed by atoms with Crippen LogP contribution in [0.5, 0.6) is 0 Å². The summed E-state index contributed by atoms with van der Waals surface area (Å²) in [5.41, 5.74) is 4.61. The van der Waals surface area contributed by atoms with Crippen LogP contribution < -0.4 is 16.2 Å². The van der Waals surface area contributed by atoms with Gasteiger partial charge in [0, 0.05) is 18.9 Å². The summed E-state index contributed by atoms with van der Waals surface area (Å²) in [6.45, 7) is 0.268. The molecule has 10 nitrogen and oxygen atoms in total. The van der Waals surface area contributed by atoms with E-state index in [4.69, 9.17) is 5.11 Å². The van der Waals surface area contributed by atoms with Gasteiger partial charge in [-0.3, -0.25) is 15.0 Å². The lowest BCUT2D eigenvalue weighted by atomic mass is 10.1. The van der Waals surface area contributed by atoms with E-state index in [1.807, 2.05) is 0 Å². The van der Waals surface area contributed by atoms with Crippen LogP contribution in [0.15, 0.2) is 12.4 Å². The third-order valence-electron chi connectivity index (χ3n) is 2.89. The molecule has 1 aromatic heterocycles. The van der Waals surface area contributed by atoms with Crippen molar-refractivity contribution in [1.29, 1.82) is 0 Å². The third-order valence-corrected chi connectivity index (χ3v) is 2.89. The highest BCUT2D eigenvalue weighted by Crippen LogP contribution is 2.09. The molecule has 0 saturated carbocycles. The first-order valence-corrected chi connectivity index (χ1v) is 5.96. The molecule has 0 spiro atoms. The highest BCUT2D eigenvalue weighted by molar-refractivity contribution is 6.02. The Bertz CT molecular complexity index is 578. The Morgan fingerprint density at radius 2 is 2.00 bits per heavy atom. The number of aromatic carboxylic acids is 1. The van der Waals surface area contributed by atoms with Gasteiger partial charge in [0.2, 0.25) is 0 Å². The minimum absolute atomic E-state index is 0.268. The zero-order valence-corrected chi connectivity index (χ0v) is 11.0. The van der Waals surface area contributed by atoms with Crippen molar-refractivity contribution < 1.29 is 24.2 Å². The fraction of sp³-hybridized carbons (Fsp3) is 0.364. The summed E-state index contributed by atoms with van der Waals surface area (Å²) < 4.78 is 4.62. The van der Waals surface area contributed by atoms with Gasteiger partial charge in [0.1, 0.15) is 12.1 Å². The monoisotopic (exact) mass is 295 g/mol.